The Hall–Kier alpha value is -0.300. The van der Waals surface area contributed by atoms with Crippen molar-refractivity contribution in [2.45, 2.75) is 38.2 Å². The highest BCUT2D eigenvalue weighted by Gasteiger charge is 2.48. The molecule has 62 valence electrons. The van der Waals surface area contributed by atoms with Crippen LogP contribution in [0.5, 0.6) is 0 Å². The third-order valence-corrected chi connectivity index (χ3v) is 3.61. The third kappa shape index (κ3) is 0.871. The molecule has 11 heavy (non-hydrogen) atoms. The Labute approximate surface area is 68.1 Å². The Bertz CT molecular complexity index is 193. The van der Waals surface area contributed by atoms with Crippen molar-refractivity contribution >= 4 is 0 Å². The molecule has 0 bridgehead atoms. The maximum atomic E-state index is 10.0. The van der Waals surface area contributed by atoms with Gasteiger partial charge in [0, 0.05) is 0 Å². The van der Waals surface area contributed by atoms with E-state index < -0.39 is 5.60 Å². The number of aliphatic hydroxyl groups is 1. The maximum absolute atomic E-state index is 10.0. The van der Waals surface area contributed by atoms with E-state index in [1.807, 2.05) is 6.92 Å². The first-order valence-electron chi connectivity index (χ1n) is 4.53. The summed E-state index contributed by atoms with van der Waals surface area (Å²) in [6.45, 7) is 5.88. The zero-order valence-electron chi connectivity index (χ0n) is 7.14. The molecule has 0 heterocycles. The number of fused-ring (bicyclic) bond motifs is 1. The molecule has 0 aromatic carbocycles. The molecule has 0 aromatic heterocycles. The van der Waals surface area contributed by atoms with Crippen molar-refractivity contribution < 1.29 is 5.11 Å². The molecule has 2 aliphatic carbocycles. The van der Waals surface area contributed by atoms with Crippen LogP contribution in [0.25, 0.3) is 0 Å². The molecular formula is C10H16O. The first-order chi connectivity index (χ1) is 5.12. The minimum atomic E-state index is -0.541. The van der Waals surface area contributed by atoms with Crippen molar-refractivity contribution in [3.63, 3.8) is 0 Å². The molecule has 0 aliphatic heterocycles. The van der Waals surface area contributed by atoms with E-state index in [-0.39, 0.29) is 0 Å². The average molecular weight is 152 g/mol. The van der Waals surface area contributed by atoms with Crippen molar-refractivity contribution in [3.05, 3.63) is 12.2 Å². The van der Waals surface area contributed by atoms with Crippen LogP contribution in [0.1, 0.15) is 32.6 Å². The molecule has 1 unspecified atom stereocenters. The van der Waals surface area contributed by atoms with Crippen molar-refractivity contribution in [1.29, 1.82) is 0 Å². The summed E-state index contributed by atoms with van der Waals surface area (Å²) in [4.78, 5) is 0. The molecule has 2 rings (SSSR count). The van der Waals surface area contributed by atoms with Crippen molar-refractivity contribution in [2.75, 3.05) is 0 Å². The van der Waals surface area contributed by atoms with E-state index in [1.165, 1.54) is 19.3 Å². The summed E-state index contributed by atoms with van der Waals surface area (Å²) < 4.78 is 0. The van der Waals surface area contributed by atoms with E-state index in [4.69, 9.17) is 0 Å². The van der Waals surface area contributed by atoms with Gasteiger partial charge in [0.05, 0.1) is 5.60 Å². The third-order valence-electron chi connectivity index (χ3n) is 3.61. The normalized spacial score (nSPS) is 49.8. The highest BCUT2D eigenvalue weighted by molar-refractivity contribution is 5.22. The summed E-state index contributed by atoms with van der Waals surface area (Å²) in [6.07, 6.45) is 4.88. The van der Waals surface area contributed by atoms with Gasteiger partial charge >= 0.3 is 0 Å². The lowest BCUT2D eigenvalue weighted by Gasteiger charge is -2.25. The molecule has 0 saturated heterocycles. The Kier molecular flexibility index (Phi) is 1.40. The Balaban J connectivity index is 2.27. The van der Waals surface area contributed by atoms with E-state index in [1.54, 1.807) is 0 Å². The Morgan fingerprint density at radius 3 is 2.91 bits per heavy atom. The molecule has 1 heteroatoms. The first kappa shape index (κ1) is 7.35. The minimum absolute atomic E-state index is 0.523. The Morgan fingerprint density at radius 1 is 1.55 bits per heavy atom. The number of hydrogen-bond donors (Lipinski definition) is 1. The van der Waals surface area contributed by atoms with E-state index >= 15 is 0 Å². The predicted molar refractivity (Wildman–Crippen MR) is 45.2 cm³/mol. The van der Waals surface area contributed by atoms with E-state index in [9.17, 15) is 5.11 Å². The quantitative estimate of drug-likeness (QED) is 0.527. The second kappa shape index (κ2) is 2.10. The van der Waals surface area contributed by atoms with Crippen LogP contribution in [0.2, 0.25) is 0 Å². The lowest BCUT2D eigenvalue weighted by molar-refractivity contribution is 0.0473. The van der Waals surface area contributed by atoms with E-state index in [2.05, 4.69) is 6.58 Å². The SMILES string of the molecule is C=C1C[C@@H]2CCC[C@@H]2C1(C)O. The Morgan fingerprint density at radius 2 is 2.27 bits per heavy atom. The molecule has 2 fully saturated rings. The molecule has 0 radical (unpaired) electrons. The van der Waals surface area contributed by atoms with Gasteiger partial charge in [-0.05, 0) is 43.6 Å². The molecule has 2 saturated carbocycles. The van der Waals surface area contributed by atoms with Crippen LogP contribution in [0.15, 0.2) is 12.2 Å². The lowest BCUT2D eigenvalue weighted by Crippen LogP contribution is -2.30. The summed E-state index contributed by atoms with van der Waals surface area (Å²) in [5, 5.41) is 10.0. The van der Waals surface area contributed by atoms with Crippen LogP contribution in [-0.2, 0) is 0 Å². The summed E-state index contributed by atoms with van der Waals surface area (Å²) >= 11 is 0. The minimum Gasteiger partial charge on any atom is -0.386 e. The monoisotopic (exact) mass is 152 g/mol. The second-order valence-corrected chi connectivity index (χ2v) is 4.25. The topological polar surface area (TPSA) is 20.2 Å². The lowest BCUT2D eigenvalue weighted by atomic mass is 9.88. The predicted octanol–water partition coefficient (Wildman–Crippen LogP) is 2.11. The fraction of sp³-hybridized carbons (Fsp3) is 0.800. The second-order valence-electron chi connectivity index (χ2n) is 4.25. The molecule has 0 aromatic rings. The molecular weight excluding hydrogens is 136 g/mol. The van der Waals surface area contributed by atoms with Crippen LogP contribution in [0.4, 0.5) is 0 Å². The molecule has 1 N–H and O–H groups in total. The highest BCUT2D eigenvalue weighted by Crippen LogP contribution is 2.51. The van der Waals surface area contributed by atoms with Gasteiger partial charge in [0.1, 0.15) is 0 Å². The highest BCUT2D eigenvalue weighted by atomic mass is 16.3. The number of rotatable bonds is 0. The summed E-state index contributed by atoms with van der Waals surface area (Å²) in [6, 6.07) is 0. The van der Waals surface area contributed by atoms with Gasteiger partial charge in [0.2, 0.25) is 0 Å². The van der Waals surface area contributed by atoms with Gasteiger partial charge in [-0.1, -0.05) is 13.0 Å². The van der Waals surface area contributed by atoms with Gasteiger partial charge in [0.15, 0.2) is 0 Å². The van der Waals surface area contributed by atoms with Crippen molar-refractivity contribution in [1.82, 2.24) is 0 Å². The zero-order valence-corrected chi connectivity index (χ0v) is 7.14. The van der Waals surface area contributed by atoms with Gasteiger partial charge in [-0.3, -0.25) is 0 Å². The first-order valence-corrected chi connectivity index (χ1v) is 4.53. The summed E-state index contributed by atoms with van der Waals surface area (Å²) in [5.41, 5.74) is 0.522. The summed E-state index contributed by atoms with van der Waals surface area (Å²) in [7, 11) is 0. The van der Waals surface area contributed by atoms with Crippen molar-refractivity contribution in [2.24, 2.45) is 11.8 Å². The van der Waals surface area contributed by atoms with Crippen molar-refractivity contribution in [3.8, 4) is 0 Å². The van der Waals surface area contributed by atoms with Gasteiger partial charge in [-0.2, -0.15) is 0 Å². The molecule has 3 atom stereocenters. The molecule has 1 nitrogen and oxygen atoms in total. The van der Waals surface area contributed by atoms with Crippen LogP contribution in [-0.4, -0.2) is 10.7 Å². The molecule has 0 spiro atoms. The maximum Gasteiger partial charge on any atom is 0.0857 e. The van der Waals surface area contributed by atoms with Crippen LogP contribution >= 0.6 is 0 Å². The van der Waals surface area contributed by atoms with Crippen LogP contribution in [0.3, 0.4) is 0 Å². The fourth-order valence-electron chi connectivity index (χ4n) is 2.81. The largest absolute Gasteiger partial charge is 0.386 e. The number of hydrogen-bond acceptors (Lipinski definition) is 1. The standard InChI is InChI=1S/C10H16O/c1-7-6-8-4-3-5-9(8)10(7,2)11/h8-9,11H,1,3-6H2,2H3/t8-,9-,10?/m0/s1. The fourth-order valence-corrected chi connectivity index (χ4v) is 2.81. The van der Waals surface area contributed by atoms with Crippen LogP contribution < -0.4 is 0 Å². The summed E-state index contributed by atoms with van der Waals surface area (Å²) in [5.74, 6) is 1.27. The zero-order chi connectivity index (χ0) is 8.06. The molecule has 2 aliphatic rings. The van der Waals surface area contributed by atoms with Gasteiger partial charge in [0.25, 0.3) is 0 Å². The smallest absolute Gasteiger partial charge is 0.0857 e. The van der Waals surface area contributed by atoms with E-state index in [0.29, 0.717) is 5.92 Å². The molecule has 0 amide bonds. The van der Waals surface area contributed by atoms with Crippen LogP contribution in [0, 0.1) is 11.8 Å². The van der Waals surface area contributed by atoms with Gasteiger partial charge < -0.3 is 5.11 Å². The van der Waals surface area contributed by atoms with Gasteiger partial charge in [-0.15, -0.1) is 0 Å². The van der Waals surface area contributed by atoms with E-state index in [0.717, 1.165) is 17.9 Å². The van der Waals surface area contributed by atoms with Gasteiger partial charge in [-0.25, -0.2) is 0 Å². The average Bonchev–Trinajstić information content (AvgIpc) is 2.41.